The van der Waals surface area contributed by atoms with Crippen LogP contribution in [-0.4, -0.2) is 49.5 Å². The lowest BCUT2D eigenvalue weighted by Crippen LogP contribution is -2.32. The topological polar surface area (TPSA) is 86.0 Å². The molecule has 6 nitrogen and oxygen atoms in total. The van der Waals surface area contributed by atoms with Crippen LogP contribution >= 0.6 is 0 Å². The second-order valence-corrected chi connectivity index (χ2v) is 8.29. The van der Waals surface area contributed by atoms with Gasteiger partial charge in [0, 0.05) is 6.54 Å². The summed E-state index contributed by atoms with van der Waals surface area (Å²) >= 11 is 0. The minimum absolute atomic E-state index is 0.0681. The number of likely N-dealkylation sites (N-methyl/N-ethyl adjacent to an activating group) is 1. The molecule has 2 aromatic carbocycles. The van der Waals surface area contributed by atoms with E-state index in [-0.39, 0.29) is 17.4 Å². The number of nitrogens with zero attached hydrogens (tertiary/aromatic N) is 2. The largest absolute Gasteiger partial charge is 0.504 e. The Balaban J connectivity index is 1.98. The molecule has 2 N–H and O–H groups in total. The molecule has 2 aromatic rings. The third-order valence-corrected chi connectivity index (χ3v) is 6.02. The summed E-state index contributed by atoms with van der Waals surface area (Å²) in [6.07, 6.45) is 2.40. The van der Waals surface area contributed by atoms with Crippen LogP contribution in [0.3, 0.4) is 0 Å². The van der Waals surface area contributed by atoms with Gasteiger partial charge in [-0.3, -0.25) is 0 Å². The molecule has 0 spiro atoms. The number of rotatable bonds is 11. The SMILES string of the molecule is COc1ccc(CCN(C)CCCC(C#N)(c2ccc(O)c(O)c2)C(C)C)cc1OC. The number of hydrogen-bond donors (Lipinski definition) is 2. The summed E-state index contributed by atoms with van der Waals surface area (Å²) in [5.74, 6) is 1.16. The van der Waals surface area contributed by atoms with Crippen molar-refractivity contribution in [2.45, 2.75) is 38.5 Å². The fourth-order valence-electron chi connectivity index (χ4n) is 3.91. The molecular formula is C25H34N2O4. The number of phenolic OH excluding ortho intramolecular Hbond substituents is 2. The fraction of sp³-hybridized carbons (Fsp3) is 0.480. The van der Waals surface area contributed by atoms with Crippen LogP contribution in [0.15, 0.2) is 36.4 Å². The van der Waals surface area contributed by atoms with Crippen LogP contribution in [0.1, 0.15) is 37.8 Å². The van der Waals surface area contributed by atoms with E-state index >= 15 is 0 Å². The number of benzene rings is 2. The van der Waals surface area contributed by atoms with Gasteiger partial charge >= 0.3 is 0 Å². The van der Waals surface area contributed by atoms with Gasteiger partial charge in [-0.15, -0.1) is 0 Å². The zero-order chi connectivity index (χ0) is 23.0. The predicted octanol–water partition coefficient (Wildman–Crippen LogP) is 4.49. The first-order chi connectivity index (χ1) is 14.8. The Kier molecular flexibility index (Phi) is 8.58. The number of methoxy groups -OCH3 is 2. The van der Waals surface area contributed by atoms with Crippen LogP contribution in [0.4, 0.5) is 0 Å². The molecule has 0 saturated heterocycles. The Morgan fingerprint density at radius 2 is 1.71 bits per heavy atom. The summed E-state index contributed by atoms with van der Waals surface area (Å²) in [5, 5.41) is 29.6. The van der Waals surface area contributed by atoms with Crippen LogP contribution in [-0.2, 0) is 11.8 Å². The summed E-state index contributed by atoms with van der Waals surface area (Å²) < 4.78 is 10.7. The molecule has 0 aliphatic rings. The minimum atomic E-state index is -0.713. The van der Waals surface area contributed by atoms with Crippen LogP contribution < -0.4 is 9.47 Å². The zero-order valence-corrected chi connectivity index (χ0v) is 19.2. The molecular weight excluding hydrogens is 392 g/mol. The molecule has 31 heavy (non-hydrogen) atoms. The number of aromatic hydroxyl groups is 2. The number of hydrogen-bond acceptors (Lipinski definition) is 6. The molecule has 0 saturated carbocycles. The molecule has 0 aliphatic carbocycles. The van der Waals surface area contributed by atoms with E-state index in [2.05, 4.69) is 18.0 Å². The van der Waals surface area contributed by atoms with Crippen molar-refractivity contribution in [1.29, 1.82) is 5.26 Å². The summed E-state index contributed by atoms with van der Waals surface area (Å²) in [6, 6.07) is 13.2. The van der Waals surface area contributed by atoms with Crippen molar-refractivity contribution in [2.75, 3.05) is 34.4 Å². The summed E-state index contributed by atoms with van der Waals surface area (Å²) in [7, 11) is 5.34. The molecule has 0 amide bonds. The van der Waals surface area contributed by atoms with E-state index < -0.39 is 5.41 Å². The van der Waals surface area contributed by atoms with E-state index in [9.17, 15) is 15.5 Å². The molecule has 1 unspecified atom stereocenters. The minimum Gasteiger partial charge on any atom is -0.504 e. The molecule has 0 fully saturated rings. The quantitative estimate of drug-likeness (QED) is 0.515. The highest BCUT2D eigenvalue weighted by atomic mass is 16.5. The van der Waals surface area contributed by atoms with E-state index in [4.69, 9.17) is 9.47 Å². The molecule has 0 aromatic heterocycles. The van der Waals surface area contributed by atoms with Crippen molar-refractivity contribution in [1.82, 2.24) is 4.90 Å². The Hall–Kier alpha value is -2.91. The Morgan fingerprint density at radius 3 is 2.29 bits per heavy atom. The first-order valence-electron chi connectivity index (χ1n) is 10.6. The maximum Gasteiger partial charge on any atom is 0.160 e. The molecule has 0 heterocycles. The maximum absolute atomic E-state index is 10.0. The first kappa shape index (κ1) is 24.4. The van der Waals surface area contributed by atoms with Crippen molar-refractivity contribution in [2.24, 2.45) is 5.92 Å². The van der Waals surface area contributed by atoms with Crippen LogP contribution in [0.25, 0.3) is 0 Å². The van der Waals surface area contributed by atoms with Gasteiger partial charge in [0.2, 0.25) is 0 Å². The first-order valence-corrected chi connectivity index (χ1v) is 10.6. The summed E-state index contributed by atoms with van der Waals surface area (Å²) in [4.78, 5) is 2.26. The molecule has 168 valence electrons. The van der Waals surface area contributed by atoms with Crippen LogP contribution in [0.2, 0.25) is 0 Å². The summed E-state index contributed by atoms with van der Waals surface area (Å²) in [6.45, 7) is 5.78. The smallest absolute Gasteiger partial charge is 0.160 e. The number of nitriles is 1. The van der Waals surface area contributed by atoms with Crippen LogP contribution in [0.5, 0.6) is 23.0 Å². The molecule has 0 aliphatic heterocycles. The van der Waals surface area contributed by atoms with Gasteiger partial charge in [-0.05, 0) is 74.2 Å². The van der Waals surface area contributed by atoms with Gasteiger partial charge in [0.25, 0.3) is 0 Å². The van der Waals surface area contributed by atoms with Gasteiger partial charge in [-0.25, -0.2) is 0 Å². The highest BCUT2D eigenvalue weighted by Gasteiger charge is 2.36. The van der Waals surface area contributed by atoms with Crippen molar-refractivity contribution in [3.8, 4) is 29.1 Å². The lowest BCUT2D eigenvalue weighted by atomic mass is 9.69. The Morgan fingerprint density at radius 1 is 1.00 bits per heavy atom. The van der Waals surface area contributed by atoms with Gasteiger partial charge < -0.3 is 24.6 Å². The number of ether oxygens (including phenoxy) is 2. The summed E-state index contributed by atoms with van der Waals surface area (Å²) in [5.41, 5.74) is 1.21. The molecule has 6 heteroatoms. The van der Waals surface area contributed by atoms with E-state index in [1.54, 1.807) is 20.3 Å². The Bertz CT molecular complexity index is 907. The molecule has 2 rings (SSSR count). The van der Waals surface area contributed by atoms with Crippen LogP contribution in [0, 0.1) is 17.2 Å². The number of phenols is 2. The van der Waals surface area contributed by atoms with Crippen molar-refractivity contribution >= 4 is 0 Å². The van der Waals surface area contributed by atoms with E-state index in [0.29, 0.717) is 6.42 Å². The lowest BCUT2D eigenvalue weighted by molar-refractivity contribution is 0.293. The highest BCUT2D eigenvalue weighted by molar-refractivity contribution is 5.46. The standard InChI is InChI=1S/C25H34N2O4/c1-18(2)25(17-26,20-8-9-21(28)22(29)16-20)12-6-13-27(3)14-11-19-7-10-23(30-4)24(15-19)31-5/h7-10,15-16,18,28-29H,6,11-14H2,1-5H3. The van der Waals surface area contributed by atoms with Gasteiger partial charge in [-0.1, -0.05) is 26.0 Å². The second-order valence-electron chi connectivity index (χ2n) is 8.29. The molecule has 0 bridgehead atoms. The third kappa shape index (κ3) is 5.83. The maximum atomic E-state index is 10.0. The monoisotopic (exact) mass is 426 g/mol. The van der Waals surface area contributed by atoms with Gasteiger partial charge in [-0.2, -0.15) is 5.26 Å². The average Bonchev–Trinajstić information content (AvgIpc) is 2.76. The van der Waals surface area contributed by atoms with E-state index in [1.165, 1.54) is 17.7 Å². The fourth-order valence-corrected chi connectivity index (χ4v) is 3.91. The normalized spacial score (nSPS) is 13.1. The Labute approximate surface area is 185 Å². The van der Waals surface area contributed by atoms with Crippen molar-refractivity contribution in [3.05, 3.63) is 47.5 Å². The van der Waals surface area contributed by atoms with Gasteiger partial charge in [0.05, 0.1) is 25.7 Å². The second kappa shape index (κ2) is 10.9. The van der Waals surface area contributed by atoms with E-state index in [1.807, 2.05) is 32.0 Å². The van der Waals surface area contributed by atoms with Gasteiger partial charge in [0.15, 0.2) is 23.0 Å². The molecule has 0 radical (unpaired) electrons. The highest BCUT2D eigenvalue weighted by Crippen LogP contribution is 2.39. The lowest BCUT2D eigenvalue weighted by Gasteiger charge is -2.32. The van der Waals surface area contributed by atoms with Crippen molar-refractivity contribution in [3.63, 3.8) is 0 Å². The van der Waals surface area contributed by atoms with Crippen molar-refractivity contribution < 1.29 is 19.7 Å². The predicted molar refractivity (Wildman–Crippen MR) is 122 cm³/mol. The average molecular weight is 427 g/mol. The molecule has 1 atom stereocenters. The van der Waals surface area contributed by atoms with E-state index in [0.717, 1.165) is 43.0 Å². The van der Waals surface area contributed by atoms with Gasteiger partial charge in [0.1, 0.15) is 0 Å². The zero-order valence-electron chi connectivity index (χ0n) is 19.2. The third-order valence-electron chi connectivity index (χ3n) is 6.02.